The molecule has 20 heavy (non-hydrogen) atoms. The van der Waals surface area contributed by atoms with Gasteiger partial charge in [-0.3, -0.25) is 0 Å². The molecule has 106 valence electrons. The summed E-state index contributed by atoms with van der Waals surface area (Å²) in [5.41, 5.74) is 7.16. The van der Waals surface area contributed by atoms with Crippen molar-refractivity contribution in [3.05, 3.63) is 58.4 Å². The van der Waals surface area contributed by atoms with Gasteiger partial charge in [-0.05, 0) is 36.2 Å². The van der Waals surface area contributed by atoms with Gasteiger partial charge in [-0.2, -0.15) is 0 Å². The summed E-state index contributed by atoms with van der Waals surface area (Å²) in [6.07, 6.45) is 0. The van der Waals surface area contributed by atoms with Crippen LogP contribution in [0.2, 0.25) is 5.02 Å². The van der Waals surface area contributed by atoms with Gasteiger partial charge in [0.25, 0.3) is 0 Å². The first kappa shape index (κ1) is 14.8. The maximum atomic E-state index is 13.1. The summed E-state index contributed by atoms with van der Waals surface area (Å²) >= 11 is 5.65. The van der Waals surface area contributed by atoms with Crippen molar-refractivity contribution in [2.75, 3.05) is 5.73 Å². The third-order valence-electron chi connectivity index (χ3n) is 2.96. The van der Waals surface area contributed by atoms with Crippen molar-refractivity contribution < 1.29 is 12.8 Å². The number of aryl methyl sites for hydroxylation is 1. The summed E-state index contributed by atoms with van der Waals surface area (Å²) in [7, 11) is -3.60. The highest BCUT2D eigenvalue weighted by Crippen LogP contribution is 2.26. The molecule has 0 aliphatic carbocycles. The zero-order valence-electron chi connectivity index (χ0n) is 10.7. The van der Waals surface area contributed by atoms with Crippen molar-refractivity contribution >= 4 is 27.1 Å². The molecule has 0 saturated carbocycles. The summed E-state index contributed by atoms with van der Waals surface area (Å²) < 4.78 is 37.8. The average molecular weight is 314 g/mol. The lowest BCUT2D eigenvalue weighted by Gasteiger charge is -2.10. The van der Waals surface area contributed by atoms with E-state index in [0.29, 0.717) is 11.1 Å². The molecule has 2 aromatic carbocycles. The molecule has 0 aliphatic heterocycles. The van der Waals surface area contributed by atoms with E-state index in [2.05, 4.69) is 0 Å². The Morgan fingerprint density at radius 3 is 2.60 bits per heavy atom. The maximum Gasteiger partial charge on any atom is 0.184 e. The molecule has 0 aromatic heterocycles. The zero-order valence-corrected chi connectivity index (χ0v) is 12.3. The van der Waals surface area contributed by atoms with Crippen LogP contribution in [0.5, 0.6) is 0 Å². The molecule has 0 bridgehead atoms. The van der Waals surface area contributed by atoms with Gasteiger partial charge in [-0.1, -0.05) is 29.8 Å². The summed E-state index contributed by atoms with van der Waals surface area (Å²) in [6, 6.07) is 8.68. The van der Waals surface area contributed by atoms with Crippen molar-refractivity contribution in [3.8, 4) is 0 Å². The Labute approximate surface area is 122 Å². The van der Waals surface area contributed by atoms with Crippen molar-refractivity contribution in [2.24, 2.45) is 0 Å². The van der Waals surface area contributed by atoms with E-state index in [1.807, 2.05) is 0 Å². The van der Waals surface area contributed by atoms with Crippen molar-refractivity contribution in [1.82, 2.24) is 0 Å². The van der Waals surface area contributed by atoms with Gasteiger partial charge in [0.2, 0.25) is 0 Å². The highest BCUT2D eigenvalue weighted by atomic mass is 35.5. The van der Waals surface area contributed by atoms with Crippen LogP contribution in [0.4, 0.5) is 10.1 Å². The minimum Gasteiger partial charge on any atom is -0.397 e. The van der Waals surface area contributed by atoms with Crippen LogP contribution in [-0.4, -0.2) is 8.42 Å². The van der Waals surface area contributed by atoms with Crippen molar-refractivity contribution in [2.45, 2.75) is 17.6 Å². The van der Waals surface area contributed by atoms with Gasteiger partial charge in [-0.15, -0.1) is 0 Å². The Bertz CT molecular complexity index is 760. The molecule has 0 radical (unpaired) electrons. The first-order valence-corrected chi connectivity index (χ1v) is 7.86. The number of halogens is 2. The number of benzene rings is 2. The lowest BCUT2D eigenvalue weighted by molar-refractivity contribution is 0.595. The number of hydrogen-bond donors (Lipinski definition) is 1. The predicted molar refractivity (Wildman–Crippen MR) is 77.9 cm³/mol. The van der Waals surface area contributed by atoms with Gasteiger partial charge < -0.3 is 5.73 Å². The van der Waals surface area contributed by atoms with Crippen LogP contribution in [0.1, 0.15) is 11.1 Å². The maximum absolute atomic E-state index is 13.1. The van der Waals surface area contributed by atoms with Gasteiger partial charge in [0.1, 0.15) is 5.82 Å². The van der Waals surface area contributed by atoms with Crippen LogP contribution in [0, 0.1) is 12.7 Å². The summed E-state index contributed by atoms with van der Waals surface area (Å²) in [5.74, 6) is -0.858. The molecule has 0 heterocycles. The molecule has 0 amide bonds. The lowest BCUT2D eigenvalue weighted by atomic mass is 10.2. The number of rotatable bonds is 3. The van der Waals surface area contributed by atoms with Crippen LogP contribution in [0.3, 0.4) is 0 Å². The van der Waals surface area contributed by atoms with Crippen LogP contribution >= 0.6 is 11.6 Å². The quantitative estimate of drug-likeness (QED) is 0.884. The lowest BCUT2D eigenvalue weighted by Crippen LogP contribution is -2.09. The normalized spacial score (nSPS) is 11.6. The van der Waals surface area contributed by atoms with Gasteiger partial charge in [0.15, 0.2) is 9.84 Å². The molecule has 2 N–H and O–H groups in total. The molecule has 3 nitrogen and oxygen atoms in total. The van der Waals surface area contributed by atoms with Gasteiger partial charge >= 0.3 is 0 Å². The third-order valence-corrected chi connectivity index (χ3v) is 4.99. The van der Waals surface area contributed by atoms with Crippen molar-refractivity contribution in [3.63, 3.8) is 0 Å². The predicted octanol–water partition coefficient (Wildman–Crippen LogP) is 3.34. The summed E-state index contributed by atoms with van der Waals surface area (Å²) in [4.78, 5) is 0.0814. The number of para-hydroxylation sites is 1. The Balaban J connectivity index is 2.41. The third kappa shape index (κ3) is 2.94. The van der Waals surface area contributed by atoms with E-state index in [4.69, 9.17) is 17.3 Å². The largest absolute Gasteiger partial charge is 0.397 e. The second kappa shape index (κ2) is 5.42. The van der Waals surface area contributed by atoms with E-state index in [9.17, 15) is 12.8 Å². The SMILES string of the molecule is Cc1cccc(S(=O)(=O)Cc2ccc(F)c(Cl)c2)c1N. The first-order chi connectivity index (χ1) is 9.31. The monoisotopic (exact) mass is 313 g/mol. The van der Waals surface area contributed by atoms with Crippen LogP contribution in [0.25, 0.3) is 0 Å². The Kier molecular flexibility index (Phi) is 4.01. The number of anilines is 1. The molecule has 0 fully saturated rings. The minimum atomic E-state index is -3.60. The van der Waals surface area contributed by atoms with E-state index in [0.717, 1.165) is 6.07 Å². The summed E-state index contributed by atoms with van der Waals surface area (Å²) in [5, 5.41) is -0.102. The highest BCUT2D eigenvalue weighted by Gasteiger charge is 2.19. The molecule has 6 heteroatoms. The first-order valence-electron chi connectivity index (χ1n) is 5.83. The van der Waals surface area contributed by atoms with E-state index >= 15 is 0 Å². The topological polar surface area (TPSA) is 60.2 Å². The molecule has 0 spiro atoms. The fourth-order valence-electron chi connectivity index (χ4n) is 1.85. The Morgan fingerprint density at radius 2 is 1.95 bits per heavy atom. The summed E-state index contributed by atoms with van der Waals surface area (Å²) in [6.45, 7) is 1.74. The van der Waals surface area contributed by atoms with E-state index in [1.54, 1.807) is 19.1 Å². The molecule has 2 aromatic rings. The number of hydrogen-bond acceptors (Lipinski definition) is 3. The molecular weight excluding hydrogens is 301 g/mol. The Hall–Kier alpha value is -1.59. The van der Waals surface area contributed by atoms with E-state index < -0.39 is 15.7 Å². The standard InChI is InChI=1S/C14H13ClFNO2S/c1-9-3-2-4-13(14(9)17)20(18,19)8-10-5-6-12(16)11(15)7-10/h2-7H,8,17H2,1H3. The number of nitrogens with two attached hydrogens (primary N) is 1. The smallest absolute Gasteiger partial charge is 0.184 e. The highest BCUT2D eigenvalue weighted by molar-refractivity contribution is 7.90. The van der Waals surface area contributed by atoms with Gasteiger partial charge in [-0.25, -0.2) is 12.8 Å². The molecule has 0 aliphatic rings. The Morgan fingerprint density at radius 1 is 1.25 bits per heavy atom. The van der Waals surface area contributed by atoms with Crippen LogP contribution < -0.4 is 5.73 Å². The molecular formula is C14H13ClFNO2S. The van der Waals surface area contributed by atoms with Crippen LogP contribution in [0.15, 0.2) is 41.3 Å². The molecule has 0 unspecified atom stereocenters. The van der Waals surface area contributed by atoms with Gasteiger partial charge in [0, 0.05) is 0 Å². The average Bonchev–Trinajstić information content (AvgIpc) is 2.36. The van der Waals surface area contributed by atoms with Crippen LogP contribution in [-0.2, 0) is 15.6 Å². The fraction of sp³-hybridized carbons (Fsp3) is 0.143. The molecule has 0 saturated heterocycles. The van der Waals surface area contributed by atoms with Crippen molar-refractivity contribution in [1.29, 1.82) is 0 Å². The van der Waals surface area contributed by atoms with E-state index in [1.165, 1.54) is 18.2 Å². The molecule has 0 atom stereocenters. The minimum absolute atomic E-state index is 0.0814. The van der Waals surface area contributed by atoms with Gasteiger partial charge in [0.05, 0.1) is 21.4 Å². The fourth-order valence-corrected chi connectivity index (χ4v) is 3.61. The number of sulfone groups is 1. The second-order valence-electron chi connectivity index (χ2n) is 4.49. The molecule has 2 rings (SSSR count). The second-order valence-corrected chi connectivity index (χ2v) is 6.86. The van der Waals surface area contributed by atoms with E-state index in [-0.39, 0.29) is 21.4 Å². The number of nitrogen functional groups attached to an aromatic ring is 1. The zero-order chi connectivity index (χ0) is 14.9.